The van der Waals surface area contributed by atoms with Crippen LogP contribution in [0.3, 0.4) is 0 Å². The van der Waals surface area contributed by atoms with Crippen LogP contribution in [0.25, 0.3) is 0 Å². The van der Waals surface area contributed by atoms with E-state index in [1.54, 1.807) is 0 Å². The maximum absolute atomic E-state index is 12.5. The second-order valence-corrected chi connectivity index (χ2v) is 8.42. The Morgan fingerprint density at radius 1 is 1.24 bits per heavy atom. The second-order valence-electron chi connectivity index (χ2n) is 5.69. The Balaban J connectivity index is 1.65. The second kappa shape index (κ2) is 7.07. The van der Waals surface area contributed by atoms with Crippen LogP contribution in [0.5, 0.6) is 0 Å². The van der Waals surface area contributed by atoms with E-state index in [1.165, 1.54) is 23.5 Å². The number of amides is 1. The lowest BCUT2D eigenvalue weighted by atomic mass is 10.1. The molecule has 3 nitrogen and oxygen atoms in total. The summed E-state index contributed by atoms with van der Waals surface area (Å²) in [6, 6.07) is 8.23. The summed E-state index contributed by atoms with van der Waals surface area (Å²) in [5.41, 5.74) is 7.84. The number of rotatable bonds is 3. The molecule has 0 spiro atoms. The van der Waals surface area contributed by atoms with Gasteiger partial charge in [-0.15, -0.1) is 23.5 Å². The molecule has 5 heteroatoms. The fourth-order valence-corrected chi connectivity index (χ4v) is 5.75. The first kappa shape index (κ1) is 15.3. The fourth-order valence-electron chi connectivity index (χ4n) is 2.86. The molecule has 1 atom stereocenters. The van der Waals surface area contributed by atoms with Crippen molar-refractivity contribution in [2.45, 2.75) is 17.4 Å². The van der Waals surface area contributed by atoms with Gasteiger partial charge in [0.1, 0.15) is 0 Å². The van der Waals surface area contributed by atoms with E-state index >= 15 is 0 Å². The summed E-state index contributed by atoms with van der Waals surface area (Å²) < 4.78 is 0.538. The van der Waals surface area contributed by atoms with E-state index < -0.39 is 0 Å². The molecule has 2 fully saturated rings. The molecular weight excluding hydrogens is 300 g/mol. The number of hydrogen-bond donors (Lipinski definition) is 1. The lowest BCUT2D eigenvalue weighted by Gasteiger charge is -2.21. The van der Waals surface area contributed by atoms with Crippen LogP contribution in [0.2, 0.25) is 0 Å². The van der Waals surface area contributed by atoms with Gasteiger partial charge in [-0.05, 0) is 54.5 Å². The van der Waals surface area contributed by atoms with Crippen LogP contribution in [0.4, 0.5) is 0 Å². The van der Waals surface area contributed by atoms with Crippen molar-refractivity contribution >= 4 is 29.4 Å². The molecule has 0 radical (unpaired) electrons. The molecule has 2 aliphatic heterocycles. The molecule has 2 N–H and O–H groups in total. The Labute approximate surface area is 135 Å². The number of hydrogen-bond acceptors (Lipinski definition) is 4. The first-order valence-corrected chi connectivity index (χ1v) is 9.70. The van der Waals surface area contributed by atoms with Crippen molar-refractivity contribution in [3.63, 3.8) is 0 Å². The fraction of sp³-hybridized carbons (Fsp3) is 0.562. The molecule has 0 bridgehead atoms. The standard InChI is InChI=1S/C16H22N2OS2/c17-10-12-6-7-18(11-12)15(19)13-2-4-14(5-3-13)16-20-8-1-9-21-16/h2-5,12,16H,1,6-11,17H2. The molecule has 2 heterocycles. The van der Waals surface area contributed by atoms with Crippen molar-refractivity contribution in [1.29, 1.82) is 0 Å². The third kappa shape index (κ3) is 3.58. The van der Waals surface area contributed by atoms with E-state index in [-0.39, 0.29) is 5.91 Å². The molecule has 1 aromatic carbocycles. The van der Waals surface area contributed by atoms with Crippen molar-refractivity contribution in [3.8, 4) is 0 Å². The molecule has 114 valence electrons. The summed E-state index contributed by atoms with van der Waals surface area (Å²) >= 11 is 4.03. The summed E-state index contributed by atoms with van der Waals surface area (Å²) in [5, 5.41) is 0. The SMILES string of the molecule is NCC1CCN(C(=O)c2ccc(C3SCCCS3)cc2)C1. The minimum Gasteiger partial charge on any atom is -0.338 e. The van der Waals surface area contributed by atoms with E-state index in [0.717, 1.165) is 25.1 Å². The third-order valence-corrected chi connectivity index (χ3v) is 7.18. The first-order chi connectivity index (χ1) is 10.3. The minimum atomic E-state index is 0.154. The molecule has 1 amide bonds. The number of nitrogens with two attached hydrogens (primary N) is 1. The summed E-state index contributed by atoms with van der Waals surface area (Å²) in [6.07, 6.45) is 2.34. The van der Waals surface area contributed by atoms with Crippen LogP contribution in [0.15, 0.2) is 24.3 Å². The van der Waals surface area contributed by atoms with E-state index in [4.69, 9.17) is 5.73 Å². The van der Waals surface area contributed by atoms with Crippen molar-refractivity contribution in [1.82, 2.24) is 4.90 Å². The van der Waals surface area contributed by atoms with Gasteiger partial charge in [0.2, 0.25) is 0 Å². The van der Waals surface area contributed by atoms with E-state index in [0.29, 0.717) is 17.0 Å². The van der Waals surface area contributed by atoms with Crippen molar-refractivity contribution < 1.29 is 4.79 Å². The maximum atomic E-state index is 12.5. The zero-order valence-electron chi connectivity index (χ0n) is 12.2. The lowest BCUT2D eigenvalue weighted by molar-refractivity contribution is 0.0787. The lowest BCUT2D eigenvalue weighted by Crippen LogP contribution is -2.29. The Morgan fingerprint density at radius 2 is 1.95 bits per heavy atom. The van der Waals surface area contributed by atoms with Crippen LogP contribution in [-0.4, -0.2) is 41.9 Å². The van der Waals surface area contributed by atoms with Gasteiger partial charge in [0, 0.05) is 18.7 Å². The van der Waals surface area contributed by atoms with Crippen LogP contribution >= 0.6 is 23.5 Å². The molecule has 0 aromatic heterocycles. The molecular formula is C16H22N2OS2. The molecule has 2 saturated heterocycles. The van der Waals surface area contributed by atoms with Crippen molar-refractivity contribution in [2.75, 3.05) is 31.1 Å². The highest BCUT2D eigenvalue weighted by Gasteiger charge is 2.26. The van der Waals surface area contributed by atoms with Gasteiger partial charge >= 0.3 is 0 Å². The highest BCUT2D eigenvalue weighted by Crippen LogP contribution is 2.43. The highest BCUT2D eigenvalue weighted by atomic mass is 32.2. The summed E-state index contributed by atoms with van der Waals surface area (Å²) in [5.74, 6) is 3.11. The summed E-state index contributed by atoms with van der Waals surface area (Å²) in [6.45, 7) is 2.33. The molecule has 0 aliphatic carbocycles. The monoisotopic (exact) mass is 322 g/mol. The van der Waals surface area contributed by atoms with Crippen LogP contribution in [-0.2, 0) is 0 Å². The Morgan fingerprint density at radius 3 is 2.57 bits per heavy atom. The Kier molecular flexibility index (Phi) is 5.14. The number of likely N-dealkylation sites (tertiary alicyclic amines) is 1. The van der Waals surface area contributed by atoms with Gasteiger partial charge in [-0.3, -0.25) is 4.79 Å². The summed E-state index contributed by atoms with van der Waals surface area (Å²) in [4.78, 5) is 14.4. The molecule has 21 heavy (non-hydrogen) atoms. The topological polar surface area (TPSA) is 46.3 Å². The number of thioether (sulfide) groups is 2. The van der Waals surface area contributed by atoms with E-state index in [9.17, 15) is 4.79 Å². The van der Waals surface area contributed by atoms with Crippen LogP contribution in [0.1, 0.15) is 33.3 Å². The first-order valence-electron chi connectivity index (χ1n) is 7.60. The van der Waals surface area contributed by atoms with Gasteiger partial charge in [0.05, 0.1) is 4.58 Å². The van der Waals surface area contributed by atoms with Gasteiger partial charge in [-0.1, -0.05) is 12.1 Å². The Hall–Kier alpha value is -0.650. The molecule has 3 rings (SSSR count). The van der Waals surface area contributed by atoms with Crippen LogP contribution < -0.4 is 5.73 Å². The van der Waals surface area contributed by atoms with Gasteiger partial charge in [-0.25, -0.2) is 0 Å². The minimum absolute atomic E-state index is 0.154. The van der Waals surface area contributed by atoms with Crippen LogP contribution in [0, 0.1) is 5.92 Å². The zero-order valence-corrected chi connectivity index (χ0v) is 13.8. The zero-order chi connectivity index (χ0) is 14.7. The Bertz CT molecular complexity index is 486. The highest BCUT2D eigenvalue weighted by molar-refractivity contribution is 8.16. The quantitative estimate of drug-likeness (QED) is 0.929. The largest absolute Gasteiger partial charge is 0.338 e. The number of nitrogens with zero attached hydrogens (tertiary/aromatic N) is 1. The van der Waals surface area contributed by atoms with Gasteiger partial charge in [0.15, 0.2) is 0 Å². The molecule has 2 aliphatic rings. The van der Waals surface area contributed by atoms with Crippen molar-refractivity contribution in [3.05, 3.63) is 35.4 Å². The maximum Gasteiger partial charge on any atom is 0.253 e. The third-order valence-electron chi connectivity index (χ3n) is 4.16. The smallest absolute Gasteiger partial charge is 0.253 e. The van der Waals surface area contributed by atoms with Gasteiger partial charge < -0.3 is 10.6 Å². The average Bonchev–Trinajstić information content (AvgIpc) is 3.04. The predicted molar refractivity (Wildman–Crippen MR) is 91.8 cm³/mol. The number of carbonyl (C=O) groups excluding carboxylic acids is 1. The molecule has 1 aromatic rings. The van der Waals surface area contributed by atoms with E-state index in [1.807, 2.05) is 40.6 Å². The normalized spacial score (nSPS) is 23.5. The number of carbonyl (C=O) groups is 1. The molecule has 0 saturated carbocycles. The van der Waals surface area contributed by atoms with Crippen molar-refractivity contribution in [2.24, 2.45) is 11.7 Å². The number of benzene rings is 1. The van der Waals surface area contributed by atoms with Gasteiger partial charge in [0.25, 0.3) is 5.91 Å². The summed E-state index contributed by atoms with van der Waals surface area (Å²) in [7, 11) is 0. The average molecular weight is 322 g/mol. The molecule has 1 unspecified atom stereocenters. The van der Waals surface area contributed by atoms with E-state index in [2.05, 4.69) is 12.1 Å². The van der Waals surface area contributed by atoms with Gasteiger partial charge in [-0.2, -0.15) is 0 Å². The predicted octanol–water partition coefficient (Wildman–Crippen LogP) is 2.98.